The minimum atomic E-state index is -0.351. The summed E-state index contributed by atoms with van der Waals surface area (Å²) in [6.07, 6.45) is 5.19. The van der Waals surface area contributed by atoms with E-state index in [1.54, 1.807) is 23.0 Å². The molecule has 21 heavy (non-hydrogen) atoms. The number of fused-ring (bicyclic) bond motifs is 1. The molecule has 0 aromatic carbocycles. The number of rotatable bonds is 3. The lowest BCUT2D eigenvalue weighted by molar-refractivity contribution is -0.124. The average Bonchev–Trinajstić information content (AvgIpc) is 2.93. The third-order valence-electron chi connectivity index (χ3n) is 3.06. The average molecular weight is 285 g/mol. The minimum Gasteiger partial charge on any atom is -0.368 e. The predicted octanol–water partition coefficient (Wildman–Crippen LogP) is 0.979. The van der Waals surface area contributed by atoms with Crippen LogP contribution in [0.1, 0.15) is 25.8 Å². The van der Waals surface area contributed by atoms with Crippen LogP contribution in [-0.4, -0.2) is 32.5 Å². The van der Waals surface area contributed by atoms with Gasteiger partial charge in [0.25, 0.3) is 5.91 Å². The summed E-state index contributed by atoms with van der Waals surface area (Å²) in [5, 5.41) is 9.67. The SMILES string of the molecule is CC(C)Nc1ccn2ncc(/C=C3\CC(=O)NC3=O)c2n1. The first-order valence-corrected chi connectivity index (χ1v) is 6.68. The van der Waals surface area contributed by atoms with Crippen molar-refractivity contribution in [3.8, 4) is 0 Å². The van der Waals surface area contributed by atoms with Gasteiger partial charge in [-0.25, -0.2) is 9.50 Å². The number of anilines is 1. The first kappa shape index (κ1) is 13.3. The van der Waals surface area contributed by atoms with Crippen LogP contribution in [0.25, 0.3) is 11.7 Å². The molecule has 0 spiro atoms. The summed E-state index contributed by atoms with van der Waals surface area (Å²) >= 11 is 0. The van der Waals surface area contributed by atoms with Crippen molar-refractivity contribution in [2.24, 2.45) is 0 Å². The highest BCUT2D eigenvalue weighted by atomic mass is 16.2. The van der Waals surface area contributed by atoms with Gasteiger partial charge in [0.05, 0.1) is 12.6 Å². The summed E-state index contributed by atoms with van der Waals surface area (Å²) in [5.74, 6) is 0.109. The maximum Gasteiger partial charge on any atom is 0.254 e. The van der Waals surface area contributed by atoms with Crippen molar-refractivity contribution in [3.63, 3.8) is 0 Å². The van der Waals surface area contributed by atoms with E-state index < -0.39 is 0 Å². The fourth-order valence-corrected chi connectivity index (χ4v) is 2.17. The quantitative estimate of drug-likeness (QED) is 0.648. The van der Waals surface area contributed by atoms with Gasteiger partial charge >= 0.3 is 0 Å². The van der Waals surface area contributed by atoms with E-state index in [1.807, 2.05) is 19.9 Å². The van der Waals surface area contributed by atoms with Gasteiger partial charge in [-0.2, -0.15) is 5.10 Å². The molecule has 0 saturated carbocycles. The van der Waals surface area contributed by atoms with Gasteiger partial charge in [0.15, 0.2) is 5.65 Å². The summed E-state index contributed by atoms with van der Waals surface area (Å²) in [6, 6.07) is 2.10. The third kappa shape index (κ3) is 2.62. The second kappa shape index (κ2) is 5.01. The minimum absolute atomic E-state index is 0.0973. The number of aromatic nitrogens is 3. The van der Waals surface area contributed by atoms with Crippen molar-refractivity contribution in [1.82, 2.24) is 19.9 Å². The van der Waals surface area contributed by atoms with Crippen molar-refractivity contribution in [2.75, 3.05) is 5.32 Å². The highest BCUT2D eigenvalue weighted by Crippen LogP contribution is 2.18. The Morgan fingerprint density at radius 1 is 1.43 bits per heavy atom. The Bertz CT molecular complexity index is 760. The number of carbonyl (C=O) groups is 2. The normalized spacial score (nSPS) is 17.0. The predicted molar refractivity (Wildman–Crippen MR) is 77.5 cm³/mol. The Morgan fingerprint density at radius 2 is 2.24 bits per heavy atom. The topological polar surface area (TPSA) is 88.4 Å². The molecule has 0 radical (unpaired) electrons. The van der Waals surface area contributed by atoms with E-state index in [-0.39, 0.29) is 24.3 Å². The second-order valence-electron chi connectivity index (χ2n) is 5.20. The van der Waals surface area contributed by atoms with Crippen molar-refractivity contribution in [3.05, 3.63) is 29.6 Å². The standard InChI is InChI=1S/C14H15N5O2/c1-8(2)16-11-3-4-19-13(17-11)10(7-15-19)5-9-6-12(20)18-14(9)21/h3-5,7-8H,6H2,1-2H3,(H,16,17)(H,18,20,21)/b9-5+. The van der Waals surface area contributed by atoms with Gasteiger partial charge in [-0.05, 0) is 26.0 Å². The van der Waals surface area contributed by atoms with E-state index in [2.05, 4.69) is 20.7 Å². The van der Waals surface area contributed by atoms with E-state index in [4.69, 9.17) is 0 Å². The first-order chi connectivity index (χ1) is 10.0. The Balaban J connectivity index is 2.01. The summed E-state index contributed by atoms with van der Waals surface area (Å²) in [6.45, 7) is 4.05. The van der Waals surface area contributed by atoms with Crippen molar-refractivity contribution < 1.29 is 9.59 Å². The molecule has 7 heteroatoms. The molecule has 2 aromatic rings. The Hall–Kier alpha value is -2.70. The van der Waals surface area contributed by atoms with Gasteiger partial charge in [0.1, 0.15) is 5.82 Å². The van der Waals surface area contributed by atoms with Crippen LogP contribution in [-0.2, 0) is 9.59 Å². The molecule has 1 aliphatic heterocycles. The maximum absolute atomic E-state index is 11.6. The lowest BCUT2D eigenvalue weighted by atomic mass is 10.1. The Kier molecular flexibility index (Phi) is 3.17. The Morgan fingerprint density at radius 3 is 2.90 bits per heavy atom. The Labute approximate surface area is 121 Å². The summed E-state index contributed by atoms with van der Waals surface area (Å²) < 4.78 is 1.63. The smallest absolute Gasteiger partial charge is 0.254 e. The van der Waals surface area contributed by atoms with Crippen molar-refractivity contribution >= 4 is 29.4 Å². The van der Waals surface area contributed by atoms with Crippen molar-refractivity contribution in [1.29, 1.82) is 0 Å². The lowest BCUT2D eigenvalue weighted by Gasteiger charge is -2.08. The molecule has 0 aliphatic carbocycles. The van der Waals surface area contributed by atoms with Gasteiger partial charge in [-0.15, -0.1) is 0 Å². The highest BCUT2D eigenvalue weighted by Gasteiger charge is 2.24. The maximum atomic E-state index is 11.6. The van der Waals surface area contributed by atoms with Crippen LogP contribution in [0.2, 0.25) is 0 Å². The molecule has 0 bridgehead atoms. The van der Waals surface area contributed by atoms with Gasteiger partial charge in [0, 0.05) is 23.4 Å². The molecule has 1 fully saturated rings. The molecule has 108 valence electrons. The number of hydrogen-bond acceptors (Lipinski definition) is 5. The van der Waals surface area contributed by atoms with Crippen LogP contribution < -0.4 is 10.6 Å². The molecule has 7 nitrogen and oxygen atoms in total. The van der Waals surface area contributed by atoms with Gasteiger partial charge < -0.3 is 5.32 Å². The van der Waals surface area contributed by atoms with Gasteiger partial charge in [-0.1, -0.05) is 0 Å². The first-order valence-electron chi connectivity index (χ1n) is 6.68. The van der Waals surface area contributed by atoms with E-state index in [0.29, 0.717) is 16.8 Å². The molecule has 1 saturated heterocycles. The van der Waals surface area contributed by atoms with E-state index in [9.17, 15) is 9.59 Å². The number of nitrogens with one attached hydrogen (secondary N) is 2. The van der Waals surface area contributed by atoms with Crippen LogP contribution in [0.5, 0.6) is 0 Å². The van der Waals surface area contributed by atoms with Crippen LogP contribution >= 0.6 is 0 Å². The molecule has 3 rings (SSSR count). The summed E-state index contributed by atoms with van der Waals surface area (Å²) in [5.41, 5.74) is 1.78. The fourth-order valence-electron chi connectivity index (χ4n) is 2.17. The zero-order valence-electron chi connectivity index (χ0n) is 11.8. The second-order valence-corrected chi connectivity index (χ2v) is 5.20. The van der Waals surface area contributed by atoms with E-state index in [1.165, 1.54) is 0 Å². The largest absolute Gasteiger partial charge is 0.368 e. The molecule has 0 unspecified atom stereocenters. The molecular weight excluding hydrogens is 270 g/mol. The molecule has 2 aromatic heterocycles. The van der Waals surface area contributed by atoms with E-state index >= 15 is 0 Å². The molecule has 2 N–H and O–H groups in total. The lowest BCUT2D eigenvalue weighted by Crippen LogP contribution is -2.19. The monoisotopic (exact) mass is 285 g/mol. The fraction of sp³-hybridized carbons (Fsp3) is 0.286. The van der Waals surface area contributed by atoms with Crippen LogP contribution in [0.3, 0.4) is 0 Å². The number of hydrogen-bond donors (Lipinski definition) is 2. The molecule has 0 atom stereocenters. The number of carbonyl (C=O) groups excluding carboxylic acids is 2. The van der Waals surface area contributed by atoms with Gasteiger partial charge in [0.2, 0.25) is 5.91 Å². The molecule has 2 amide bonds. The van der Waals surface area contributed by atoms with Crippen molar-refractivity contribution in [2.45, 2.75) is 26.3 Å². The van der Waals surface area contributed by atoms with Crippen LogP contribution in [0.15, 0.2) is 24.0 Å². The van der Waals surface area contributed by atoms with E-state index in [0.717, 1.165) is 5.82 Å². The zero-order chi connectivity index (χ0) is 15.0. The molecule has 1 aliphatic rings. The third-order valence-corrected chi connectivity index (χ3v) is 3.06. The zero-order valence-corrected chi connectivity index (χ0v) is 11.8. The number of nitrogens with zero attached hydrogens (tertiary/aromatic N) is 3. The number of imide groups is 1. The molecule has 3 heterocycles. The molecular formula is C14H15N5O2. The van der Waals surface area contributed by atoms with Crippen LogP contribution in [0.4, 0.5) is 5.82 Å². The summed E-state index contributed by atoms with van der Waals surface area (Å²) in [7, 11) is 0. The van der Waals surface area contributed by atoms with Gasteiger partial charge in [-0.3, -0.25) is 14.9 Å². The number of amides is 2. The van der Waals surface area contributed by atoms with Crippen LogP contribution in [0, 0.1) is 0 Å². The highest BCUT2D eigenvalue weighted by molar-refractivity contribution is 6.15. The summed E-state index contributed by atoms with van der Waals surface area (Å²) in [4.78, 5) is 27.3.